The third-order valence-corrected chi connectivity index (χ3v) is 2.84. The zero-order valence-corrected chi connectivity index (χ0v) is 12.1. The van der Waals surface area contributed by atoms with E-state index in [1.807, 2.05) is 0 Å². The Labute approximate surface area is 130 Å². The molecule has 7 nitrogen and oxygen atoms in total. The number of methoxy groups -OCH3 is 1. The van der Waals surface area contributed by atoms with Crippen LogP contribution in [0.4, 0.5) is 15.8 Å². The molecule has 2 aromatic carbocycles. The van der Waals surface area contributed by atoms with Crippen LogP contribution in [-0.4, -0.2) is 24.5 Å². The maximum atomic E-state index is 13.6. The lowest BCUT2D eigenvalue weighted by atomic mass is 10.3. The molecule has 0 aliphatic carbocycles. The highest BCUT2D eigenvalue weighted by atomic mass is 19.1. The van der Waals surface area contributed by atoms with Gasteiger partial charge in [0.25, 0.3) is 11.6 Å². The molecule has 23 heavy (non-hydrogen) atoms. The van der Waals surface area contributed by atoms with Gasteiger partial charge in [-0.3, -0.25) is 14.9 Å². The van der Waals surface area contributed by atoms with Gasteiger partial charge in [0.05, 0.1) is 18.1 Å². The van der Waals surface area contributed by atoms with Gasteiger partial charge in [0.15, 0.2) is 18.2 Å². The molecule has 120 valence electrons. The molecule has 0 aliphatic rings. The molecule has 0 aromatic heterocycles. The number of anilines is 1. The number of carbonyl (C=O) groups is 1. The fourth-order valence-corrected chi connectivity index (χ4v) is 1.76. The number of benzene rings is 2. The average Bonchev–Trinajstić information content (AvgIpc) is 2.53. The summed E-state index contributed by atoms with van der Waals surface area (Å²) in [5, 5.41) is 13.1. The van der Waals surface area contributed by atoms with E-state index in [1.54, 1.807) is 24.3 Å². The smallest absolute Gasteiger partial charge is 0.272 e. The van der Waals surface area contributed by atoms with Gasteiger partial charge in [-0.2, -0.15) is 0 Å². The summed E-state index contributed by atoms with van der Waals surface area (Å²) in [6.07, 6.45) is 0. The lowest BCUT2D eigenvalue weighted by molar-refractivity contribution is -0.385. The number of nitrogens with one attached hydrogen (secondary N) is 1. The predicted octanol–water partition coefficient (Wildman–Crippen LogP) is 2.76. The summed E-state index contributed by atoms with van der Waals surface area (Å²) in [7, 11) is 1.50. The lowest BCUT2D eigenvalue weighted by Crippen LogP contribution is -2.20. The van der Waals surface area contributed by atoms with E-state index in [4.69, 9.17) is 9.47 Å². The molecule has 0 saturated carbocycles. The molecule has 0 saturated heterocycles. The first-order valence-corrected chi connectivity index (χ1v) is 6.50. The Bertz CT molecular complexity index is 736. The summed E-state index contributed by atoms with van der Waals surface area (Å²) in [4.78, 5) is 21.6. The van der Waals surface area contributed by atoms with Gasteiger partial charge in [0.1, 0.15) is 5.75 Å². The Morgan fingerprint density at radius 2 is 2.09 bits per heavy atom. The van der Waals surface area contributed by atoms with Crippen molar-refractivity contribution in [1.29, 1.82) is 0 Å². The van der Waals surface area contributed by atoms with Crippen LogP contribution in [0.1, 0.15) is 0 Å². The van der Waals surface area contributed by atoms with Gasteiger partial charge in [-0.15, -0.1) is 0 Å². The monoisotopic (exact) mass is 320 g/mol. The molecule has 0 unspecified atom stereocenters. The number of non-ortho nitro benzene ring substituents is 1. The Kier molecular flexibility index (Phi) is 5.08. The number of nitrogens with zero attached hydrogens (tertiary/aromatic N) is 1. The highest BCUT2D eigenvalue weighted by Crippen LogP contribution is 2.22. The Morgan fingerprint density at radius 3 is 2.74 bits per heavy atom. The molecule has 0 fully saturated rings. The van der Waals surface area contributed by atoms with Crippen LogP contribution in [0, 0.1) is 15.9 Å². The zero-order chi connectivity index (χ0) is 16.8. The third-order valence-electron chi connectivity index (χ3n) is 2.84. The number of hydrogen-bond donors (Lipinski definition) is 1. The number of hydrogen-bond acceptors (Lipinski definition) is 5. The molecule has 2 rings (SSSR count). The molecule has 0 atom stereocenters. The van der Waals surface area contributed by atoms with Crippen LogP contribution in [-0.2, 0) is 4.79 Å². The maximum Gasteiger partial charge on any atom is 0.272 e. The van der Waals surface area contributed by atoms with Gasteiger partial charge in [-0.05, 0) is 18.2 Å². The molecular formula is C15H13FN2O5. The standard InChI is InChI=1S/C15H13FN2O5/c1-22-12-4-2-3-10(7-12)17-15(19)9-23-14-6-5-11(18(20)21)8-13(14)16/h2-8H,9H2,1H3,(H,17,19). The van der Waals surface area contributed by atoms with Gasteiger partial charge in [0, 0.05) is 17.8 Å². The van der Waals surface area contributed by atoms with Crippen LogP contribution in [0.25, 0.3) is 0 Å². The summed E-state index contributed by atoms with van der Waals surface area (Å²) in [5.74, 6) is -1.08. The Hall–Kier alpha value is -3.16. The molecule has 0 heterocycles. The van der Waals surface area contributed by atoms with Crippen LogP contribution in [0.5, 0.6) is 11.5 Å². The molecule has 0 bridgehead atoms. The van der Waals surface area contributed by atoms with Crippen LogP contribution >= 0.6 is 0 Å². The molecule has 0 aliphatic heterocycles. The van der Waals surface area contributed by atoms with Crippen molar-refractivity contribution in [3.63, 3.8) is 0 Å². The Morgan fingerprint density at radius 1 is 1.30 bits per heavy atom. The van der Waals surface area contributed by atoms with Crippen LogP contribution in [0.15, 0.2) is 42.5 Å². The van der Waals surface area contributed by atoms with Crippen LogP contribution in [0.3, 0.4) is 0 Å². The topological polar surface area (TPSA) is 90.7 Å². The minimum atomic E-state index is -0.909. The largest absolute Gasteiger partial charge is 0.497 e. The van der Waals surface area contributed by atoms with E-state index in [2.05, 4.69) is 5.32 Å². The van der Waals surface area contributed by atoms with E-state index in [0.717, 1.165) is 18.2 Å². The molecule has 2 aromatic rings. The highest BCUT2D eigenvalue weighted by molar-refractivity contribution is 5.92. The van der Waals surface area contributed by atoms with E-state index in [-0.39, 0.29) is 5.75 Å². The molecule has 0 spiro atoms. The number of nitro groups is 1. The SMILES string of the molecule is COc1cccc(NC(=O)COc2ccc([N+](=O)[O-])cc2F)c1. The van der Waals surface area contributed by atoms with Gasteiger partial charge >= 0.3 is 0 Å². The fraction of sp³-hybridized carbons (Fsp3) is 0.133. The minimum absolute atomic E-state index is 0.239. The van der Waals surface area contributed by atoms with E-state index >= 15 is 0 Å². The number of ether oxygens (including phenoxy) is 2. The first-order chi connectivity index (χ1) is 11.0. The highest BCUT2D eigenvalue weighted by Gasteiger charge is 2.13. The van der Waals surface area contributed by atoms with E-state index in [0.29, 0.717) is 11.4 Å². The normalized spacial score (nSPS) is 10.0. The number of nitro benzene ring substituents is 1. The summed E-state index contributed by atoms with van der Waals surface area (Å²) in [6.45, 7) is -0.439. The minimum Gasteiger partial charge on any atom is -0.497 e. The molecule has 0 radical (unpaired) electrons. The number of carbonyl (C=O) groups excluding carboxylic acids is 1. The summed E-state index contributed by atoms with van der Waals surface area (Å²) >= 11 is 0. The zero-order valence-electron chi connectivity index (χ0n) is 12.1. The van der Waals surface area contributed by atoms with Crippen molar-refractivity contribution in [3.8, 4) is 11.5 Å². The van der Waals surface area contributed by atoms with Crippen LogP contribution in [0.2, 0.25) is 0 Å². The summed E-state index contributed by atoms with van der Waals surface area (Å²) in [6, 6.07) is 9.63. The van der Waals surface area contributed by atoms with Crippen LogP contribution < -0.4 is 14.8 Å². The third kappa shape index (κ3) is 4.40. The summed E-state index contributed by atoms with van der Waals surface area (Å²) < 4.78 is 23.7. The average molecular weight is 320 g/mol. The fourth-order valence-electron chi connectivity index (χ4n) is 1.76. The Balaban J connectivity index is 1.95. The van der Waals surface area contributed by atoms with E-state index < -0.39 is 28.9 Å². The molecule has 1 N–H and O–H groups in total. The van der Waals surface area contributed by atoms with Crippen molar-refractivity contribution in [2.24, 2.45) is 0 Å². The van der Waals surface area contributed by atoms with Gasteiger partial charge < -0.3 is 14.8 Å². The van der Waals surface area contributed by atoms with Gasteiger partial charge in [-0.1, -0.05) is 6.07 Å². The second kappa shape index (κ2) is 7.21. The van der Waals surface area contributed by atoms with Gasteiger partial charge in [0.2, 0.25) is 0 Å². The molecule has 1 amide bonds. The van der Waals surface area contributed by atoms with Crippen molar-refractivity contribution in [1.82, 2.24) is 0 Å². The molecular weight excluding hydrogens is 307 g/mol. The number of rotatable bonds is 6. The first kappa shape index (κ1) is 16.2. The van der Waals surface area contributed by atoms with Crippen molar-refractivity contribution >= 4 is 17.3 Å². The number of amides is 1. The van der Waals surface area contributed by atoms with Crippen molar-refractivity contribution in [3.05, 3.63) is 58.4 Å². The summed E-state index contributed by atoms with van der Waals surface area (Å²) in [5.41, 5.74) is 0.109. The lowest BCUT2D eigenvalue weighted by Gasteiger charge is -2.09. The quantitative estimate of drug-likeness (QED) is 0.653. The predicted molar refractivity (Wildman–Crippen MR) is 80.2 cm³/mol. The number of halogens is 1. The van der Waals surface area contributed by atoms with E-state index in [9.17, 15) is 19.3 Å². The second-order valence-electron chi connectivity index (χ2n) is 4.44. The van der Waals surface area contributed by atoms with Crippen molar-refractivity contribution < 1.29 is 23.6 Å². The second-order valence-corrected chi connectivity index (χ2v) is 4.44. The molecule has 8 heteroatoms. The first-order valence-electron chi connectivity index (χ1n) is 6.50. The van der Waals surface area contributed by atoms with E-state index in [1.165, 1.54) is 7.11 Å². The van der Waals surface area contributed by atoms with Crippen molar-refractivity contribution in [2.75, 3.05) is 19.0 Å². The van der Waals surface area contributed by atoms with Crippen molar-refractivity contribution in [2.45, 2.75) is 0 Å². The maximum absolute atomic E-state index is 13.6. The van der Waals surface area contributed by atoms with Gasteiger partial charge in [-0.25, -0.2) is 4.39 Å².